The molecule has 1 aliphatic rings. The Labute approximate surface area is 335 Å². The molecular formula is C39H54N6O11S. The molecule has 5 atom stereocenters. The van der Waals surface area contributed by atoms with Crippen LogP contribution in [-0.4, -0.2) is 126 Å². The van der Waals surface area contributed by atoms with E-state index in [0.717, 1.165) is 22.3 Å². The van der Waals surface area contributed by atoms with E-state index in [-0.39, 0.29) is 31.3 Å². The molecule has 0 spiro atoms. The molecule has 312 valence electrons. The van der Waals surface area contributed by atoms with Gasteiger partial charge in [0, 0.05) is 5.92 Å². The molecule has 1 aliphatic carbocycles. The van der Waals surface area contributed by atoms with Crippen LogP contribution in [0.4, 0.5) is 4.79 Å². The van der Waals surface area contributed by atoms with E-state index in [2.05, 4.69) is 31.9 Å². The van der Waals surface area contributed by atoms with Crippen molar-refractivity contribution in [3.8, 4) is 11.1 Å². The molecule has 3 rings (SSSR count). The molecule has 2 aromatic carbocycles. The second-order valence-electron chi connectivity index (χ2n) is 14.3. The number of fused-ring (bicyclic) bond motifs is 3. The van der Waals surface area contributed by atoms with E-state index in [4.69, 9.17) is 4.74 Å². The van der Waals surface area contributed by atoms with Gasteiger partial charge in [0.25, 0.3) is 0 Å². The van der Waals surface area contributed by atoms with E-state index >= 15 is 0 Å². The Morgan fingerprint density at radius 1 is 0.702 bits per heavy atom. The molecule has 0 bridgehead atoms. The average Bonchev–Trinajstić information content (AvgIpc) is 3.50. The van der Waals surface area contributed by atoms with Crippen LogP contribution in [0.15, 0.2) is 48.5 Å². The number of aliphatic carboxylic acids is 1. The first-order chi connectivity index (χ1) is 27.1. The second-order valence-corrected chi connectivity index (χ2v) is 15.3. The van der Waals surface area contributed by atoms with Crippen molar-refractivity contribution < 1.29 is 53.6 Å². The Morgan fingerprint density at radius 2 is 1.23 bits per heavy atom. The summed E-state index contributed by atoms with van der Waals surface area (Å²) in [4.78, 5) is 89.9. The van der Waals surface area contributed by atoms with Crippen LogP contribution in [0.5, 0.6) is 0 Å². The second kappa shape index (κ2) is 22.5. The number of thioether (sulfide) groups is 1. The van der Waals surface area contributed by atoms with Gasteiger partial charge in [0.15, 0.2) is 0 Å². The summed E-state index contributed by atoms with van der Waals surface area (Å²) in [5, 5.41) is 43.1. The van der Waals surface area contributed by atoms with Crippen molar-refractivity contribution >= 4 is 53.4 Å². The Kier molecular flexibility index (Phi) is 18.2. The summed E-state index contributed by atoms with van der Waals surface area (Å²) >= 11 is 1.39. The van der Waals surface area contributed by atoms with E-state index in [1.54, 1.807) is 34.0 Å². The summed E-state index contributed by atoms with van der Waals surface area (Å²) in [5.74, 6) is -5.90. The van der Waals surface area contributed by atoms with Crippen LogP contribution in [0.1, 0.15) is 57.6 Å². The van der Waals surface area contributed by atoms with Crippen LogP contribution in [0.3, 0.4) is 0 Å². The molecule has 0 saturated carbocycles. The third-order valence-electron chi connectivity index (χ3n) is 9.20. The molecule has 0 aliphatic heterocycles. The van der Waals surface area contributed by atoms with Crippen LogP contribution in [0.25, 0.3) is 11.1 Å². The molecule has 0 saturated heterocycles. The highest BCUT2D eigenvalue weighted by Crippen LogP contribution is 2.44. The van der Waals surface area contributed by atoms with Crippen LogP contribution in [0.2, 0.25) is 0 Å². The van der Waals surface area contributed by atoms with Gasteiger partial charge in [0.1, 0.15) is 43.4 Å². The lowest BCUT2D eigenvalue weighted by atomic mass is 9.98. The number of aliphatic hydroxyl groups is 2. The molecule has 0 aromatic heterocycles. The normalized spacial score (nSPS) is 14.5. The van der Waals surface area contributed by atoms with Crippen molar-refractivity contribution in [1.29, 1.82) is 0 Å². The van der Waals surface area contributed by atoms with Crippen molar-refractivity contribution in [3.05, 3.63) is 59.7 Å². The SMILES string of the molecule is CSCC[C@H](NC(=O)[C@H](CO)NC(=O)CNC(=O)OCC1c2ccccc2-c2ccccc21)C(=O)N[C@H](C(=O)N[C@@H](CC(C)C)C(=O)N[C@@H](CO)C(=O)O)C(C)C. The van der Waals surface area contributed by atoms with Gasteiger partial charge in [0.2, 0.25) is 29.5 Å². The fraction of sp³-hybridized carbons (Fsp3) is 0.513. The first kappa shape index (κ1) is 46.2. The highest BCUT2D eigenvalue weighted by molar-refractivity contribution is 7.98. The predicted octanol–water partition coefficient (Wildman–Crippen LogP) is 0.474. The van der Waals surface area contributed by atoms with Crippen molar-refractivity contribution in [1.82, 2.24) is 31.9 Å². The first-order valence-electron chi connectivity index (χ1n) is 18.6. The summed E-state index contributed by atoms with van der Waals surface area (Å²) < 4.78 is 5.44. The third-order valence-corrected chi connectivity index (χ3v) is 9.84. The fourth-order valence-corrected chi connectivity index (χ4v) is 6.70. The Hall–Kier alpha value is -5.20. The Morgan fingerprint density at radius 3 is 1.75 bits per heavy atom. The maximum absolute atomic E-state index is 13.6. The summed E-state index contributed by atoms with van der Waals surface area (Å²) in [6.45, 7) is 4.62. The highest BCUT2D eigenvalue weighted by Gasteiger charge is 2.34. The number of alkyl carbamates (subject to hydrolysis) is 1. The maximum Gasteiger partial charge on any atom is 0.407 e. The number of nitrogens with one attached hydrogen (secondary N) is 6. The minimum Gasteiger partial charge on any atom is -0.480 e. The van der Waals surface area contributed by atoms with Gasteiger partial charge in [-0.15, -0.1) is 0 Å². The van der Waals surface area contributed by atoms with Gasteiger partial charge in [-0.3, -0.25) is 24.0 Å². The van der Waals surface area contributed by atoms with Crippen LogP contribution < -0.4 is 31.9 Å². The van der Waals surface area contributed by atoms with Crippen molar-refractivity contribution in [2.24, 2.45) is 11.8 Å². The monoisotopic (exact) mass is 814 g/mol. The van der Waals surface area contributed by atoms with Gasteiger partial charge >= 0.3 is 12.1 Å². The zero-order valence-corrected chi connectivity index (χ0v) is 33.5. The summed E-state index contributed by atoms with van der Waals surface area (Å²) in [5.41, 5.74) is 4.14. The molecule has 2 aromatic rings. The lowest BCUT2D eigenvalue weighted by Gasteiger charge is -2.28. The van der Waals surface area contributed by atoms with E-state index in [1.165, 1.54) is 11.8 Å². The van der Waals surface area contributed by atoms with Gasteiger partial charge < -0.3 is 52.0 Å². The molecule has 0 radical (unpaired) electrons. The Bertz CT molecular complexity index is 1700. The largest absolute Gasteiger partial charge is 0.480 e. The standard InChI is InChI=1S/C39H54N6O11S/c1-21(2)16-29(35(50)44-31(19-47)38(53)54)43-37(52)33(22(3)4)45-34(49)28(14-15-57-5)42-36(51)30(18-46)41-32(48)17-40-39(55)56-20-27-25-12-8-6-10-23(25)24-11-7-9-13-26(24)27/h6-13,21-22,27-31,33,46-47H,14-20H2,1-5H3,(H,40,55)(H,41,48)(H,42,51)(H,43,52)(H,44,50)(H,45,49)(H,53,54)/t28-,29-,30-,31-,33-/m0/s1. The van der Waals surface area contributed by atoms with Gasteiger partial charge in [-0.1, -0.05) is 76.2 Å². The minimum atomic E-state index is -1.59. The number of ether oxygens (including phenoxy) is 1. The topological polar surface area (TPSA) is 262 Å². The van der Waals surface area contributed by atoms with E-state index in [1.807, 2.05) is 48.5 Å². The van der Waals surface area contributed by atoms with E-state index < -0.39 is 97.5 Å². The number of carboxylic acids is 1. The highest BCUT2D eigenvalue weighted by atomic mass is 32.2. The Balaban J connectivity index is 1.58. The zero-order chi connectivity index (χ0) is 42.2. The summed E-state index contributed by atoms with van der Waals surface area (Å²) in [6.07, 6.45) is 1.15. The first-order valence-corrected chi connectivity index (χ1v) is 20.0. The molecule has 0 fully saturated rings. The number of hydrogen-bond acceptors (Lipinski definition) is 11. The van der Waals surface area contributed by atoms with Crippen molar-refractivity contribution in [2.45, 2.75) is 76.7 Å². The smallest absolute Gasteiger partial charge is 0.407 e. The fourth-order valence-electron chi connectivity index (χ4n) is 6.23. The molecule has 0 heterocycles. The van der Waals surface area contributed by atoms with Crippen LogP contribution in [-0.2, 0) is 33.5 Å². The number of amides is 6. The molecule has 0 unspecified atom stereocenters. The zero-order valence-electron chi connectivity index (χ0n) is 32.7. The number of carbonyl (C=O) groups excluding carboxylic acids is 6. The van der Waals surface area contributed by atoms with Crippen LogP contribution >= 0.6 is 11.8 Å². The molecular weight excluding hydrogens is 761 g/mol. The van der Waals surface area contributed by atoms with Gasteiger partial charge in [-0.25, -0.2) is 9.59 Å². The number of benzene rings is 2. The summed E-state index contributed by atoms with van der Waals surface area (Å²) in [6, 6.07) is 8.95. The molecule has 17 nitrogen and oxygen atoms in total. The van der Waals surface area contributed by atoms with Crippen LogP contribution in [0, 0.1) is 11.8 Å². The quantitative estimate of drug-likeness (QED) is 0.0787. The van der Waals surface area contributed by atoms with Gasteiger partial charge in [-0.05, 0) is 58.9 Å². The van der Waals surface area contributed by atoms with E-state index in [0.29, 0.717) is 5.75 Å². The average molecular weight is 815 g/mol. The minimum absolute atomic E-state index is 0.0215. The molecule has 57 heavy (non-hydrogen) atoms. The van der Waals surface area contributed by atoms with Gasteiger partial charge in [-0.2, -0.15) is 11.8 Å². The number of rotatable bonds is 22. The molecule has 6 amide bonds. The number of carbonyl (C=O) groups is 7. The van der Waals surface area contributed by atoms with E-state index in [9.17, 15) is 48.9 Å². The number of carboxylic acid groups (broad SMARTS) is 1. The van der Waals surface area contributed by atoms with Gasteiger partial charge in [0.05, 0.1) is 13.2 Å². The molecule has 18 heteroatoms. The predicted molar refractivity (Wildman–Crippen MR) is 212 cm³/mol. The lowest BCUT2D eigenvalue weighted by molar-refractivity contribution is -0.143. The third kappa shape index (κ3) is 13.5. The lowest BCUT2D eigenvalue weighted by Crippen LogP contribution is -2.60. The molecule has 9 N–H and O–H groups in total. The number of hydrogen-bond donors (Lipinski definition) is 9. The summed E-state index contributed by atoms with van der Waals surface area (Å²) in [7, 11) is 0. The van der Waals surface area contributed by atoms with Crippen molar-refractivity contribution in [2.75, 3.05) is 38.4 Å². The maximum atomic E-state index is 13.6. The van der Waals surface area contributed by atoms with Crippen molar-refractivity contribution in [3.63, 3.8) is 0 Å². The number of aliphatic hydroxyl groups excluding tert-OH is 2.